The lowest BCUT2D eigenvalue weighted by molar-refractivity contribution is -0.127. The highest BCUT2D eigenvalue weighted by Crippen LogP contribution is 2.41. The van der Waals surface area contributed by atoms with E-state index < -0.39 is 59.0 Å². The van der Waals surface area contributed by atoms with Crippen molar-refractivity contribution < 1.29 is 39.6 Å². The van der Waals surface area contributed by atoms with Gasteiger partial charge in [-0.3, -0.25) is 14.4 Å². The average Bonchev–Trinajstić information content (AvgIpc) is 1.80. The first kappa shape index (κ1) is 164. The van der Waals surface area contributed by atoms with Crippen LogP contribution in [0.25, 0.3) is 0 Å². The van der Waals surface area contributed by atoms with Crippen molar-refractivity contribution in [2.75, 3.05) is 109 Å². The Morgan fingerprint density at radius 3 is 0.671 bits per heavy atom. The first-order chi connectivity index (χ1) is 65.4. The van der Waals surface area contributed by atoms with E-state index in [0.29, 0.717) is 84.0 Å². The molecule has 11 heterocycles. The maximum atomic E-state index is 11.7. The molecule has 0 N–H and O–H groups in total. The molecule has 0 spiro atoms. The van der Waals surface area contributed by atoms with E-state index >= 15 is 0 Å². The monoisotopic (exact) mass is 2430 g/mol. The van der Waals surface area contributed by atoms with E-state index in [-0.39, 0.29) is 16.2 Å². The molecular formula is C112H234O9S22. The summed E-state index contributed by atoms with van der Waals surface area (Å²) < 4.78 is 65.1. The summed E-state index contributed by atoms with van der Waals surface area (Å²) in [5, 5.41) is 1.82. The maximum absolute atomic E-state index is 11.7. The Morgan fingerprint density at radius 1 is 0.210 bits per heavy atom. The molecule has 11 aliphatic heterocycles. The molecule has 0 saturated carbocycles. The van der Waals surface area contributed by atoms with Gasteiger partial charge < -0.3 is 0 Å². The molecule has 0 amide bonds. The molecule has 0 aromatic heterocycles. The molecule has 143 heavy (non-hydrogen) atoms. The van der Waals surface area contributed by atoms with Crippen LogP contribution < -0.4 is 0 Å². The molecule has 9 unspecified atom stereocenters. The Bertz CT molecular complexity index is 2730. The van der Waals surface area contributed by atoms with E-state index in [1.807, 2.05) is 170 Å². The topological polar surface area (TPSA) is 154 Å². The second-order valence-corrected chi connectivity index (χ2v) is 87.7. The van der Waals surface area contributed by atoms with Crippen LogP contribution in [0.5, 0.6) is 0 Å². The molecule has 0 aliphatic carbocycles. The second kappa shape index (κ2) is 100. The van der Waals surface area contributed by atoms with Crippen molar-refractivity contribution in [2.45, 2.75) is 524 Å². The van der Waals surface area contributed by atoms with Gasteiger partial charge in [0.2, 0.25) is 0 Å². The number of hydrogen-bond donors (Lipinski definition) is 0. The van der Waals surface area contributed by atoms with E-state index in [1.165, 1.54) is 193 Å². The summed E-state index contributed by atoms with van der Waals surface area (Å²) in [4.78, 5) is 35.0. The van der Waals surface area contributed by atoms with Gasteiger partial charge in [0.25, 0.3) is 0 Å². The zero-order valence-corrected chi connectivity index (χ0v) is 119. The zero-order chi connectivity index (χ0) is 112. The van der Waals surface area contributed by atoms with E-state index in [2.05, 4.69) is 222 Å². The highest BCUT2D eigenvalue weighted by Gasteiger charge is 2.27. The number of hydrogen-bond acceptors (Lipinski definition) is 25. The lowest BCUT2D eigenvalue weighted by Crippen LogP contribution is -2.19. The van der Waals surface area contributed by atoms with Gasteiger partial charge in [-0.1, -0.05) is 514 Å². The van der Waals surface area contributed by atoms with E-state index in [0.717, 1.165) is 133 Å². The third kappa shape index (κ3) is 183. The van der Waals surface area contributed by atoms with Crippen molar-refractivity contribution in [3.05, 3.63) is 0 Å². The van der Waals surface area contributed by atoms with Crippen molar-refractivity contribution in [3.8, 4) is 0 Å². The summed E-state index contributed by atoms with van der Waals surface area (Å²) in [6, 6.07) is 0. The summed E-state index contributed by atoms with van der Waals surface area (Å²) in [5.41, 5.74) is 3.47. The number of rotatable bonds is 15. The Balaban J connectivity index is -0.000000228. The molecule has 0 aromatic carbocycles. The third-order valence-corrected chi connectivity index (χ3v) is 49.4. The van der Waals surface area contributed by atoms with Gasteiger partial charge in [0.15, 0.2) is 0 Å². The van der Waals surface area contributed by atoms with Gasteiger partial charge in [-0.2, -0.15) is 0 Å². The van der Waals surface area contributed by atoms with E-state index in [9.17, 15) is 39.6 Å². The highest BCUT2D eigenvalue weighted by atomic mass is 33.1. The van der Waals surface area contributed by atoms with Crippen molar-refractivity contribution in [2.24, 2.45) is 59.6 Å². The SMILES string of the molecule is C1CCCSSCC1.C1CCSSC1.C1CCSSCC1.C1CSSC1.CC(C)(C)C.CC(C)(C)C.CC(C)(C)C.CC(C)(C)C.CC(C)(C)C.CC(C)(C)C.CC(C)(C)C.CC(C)(C)C.CC(C)(C)C(=O)CCCCC1CCS(=O)S1.CC(C)(C)C(=O)CCCCC1CCSS1.CC(C)(C)C(=O)CCCCC1CCSS1=O.O=S1CCCCCCS1.O=S1CCCCCS1.O=S1CCCCS1.O=S1CCCS1. The number of ketones is 3. The summed E-state index contributed by atoms with van der Waals surface area (Å²) in [6.45, 7) is 87.9. The summed E-state index contributed by atoms with van der Waals surface area (Å²) >= 11 is 0. The van der Waals surface area contributed by atoms with Crippen molar-refractivity contribution in [3.63, 3.8) is 0 Å². The molecule has 11 fully saturated rings. The zero-order valence-electron chi connectivity index (χ0n) is 101. The predicted molar refractivity (Wildman–Crippen MR) is 710 cm³/mol. The molecule has 0 bridgehead atoms. The fourth-order valence-corrected chi connectivity index (χ4v) is 39.8. The quantitative estimate of drug-likeness (QED) is 0.113. The summed E-state index contributed by atoms with van der Waals surface area (Å²) in [6.07, 6.45) is 42.3. The largest absolute Gasteiger partial charge is 0.299 e. The second-order valence-electron chi connectivity index (χ2n) is 53.1. The minimum Gasteiger partial charge on any atom is -0.299 e. The summed E-state index contributed by atoms with van der Waals surface area (Å²) in [5.74, 6) is 23.5. The minimum atomic E-state index is -0.660. The molecule has 9 nitrogen and oxygen atoms in total. The van der Waals surface area contributed by atoms with Gasteiger partial charge in [-0.15, -0.1) is 0 Å². The Kier molecular flexibility index (Phi) is 115. The minimum absolute atomic E-state index is 0.141. The number of Topliss-reactive ketones (excluding diaryl/α,β-unsaturated/α-hetero) is 3. The lowest BCUT2D eigenvalue weighted by atomic mass is 9.88. The van der Waals surface area contributed by atoms with Crippen LogP contribution in [-0.2, 0) is 73.4 Å². The number of carbonyl (C=O) groups excluding carboxylic acids is 3. The Labute approximate surface area is 970 Å². The molecular weight excluding hydrogens is 2190 g/mol. The van der Waals surface area contributed by atoms with Crippen molar-refractivity contribution >= 4 is 249 Å². The van der Waals surface area contributed by atoms with Gasteiger partial charge in [0, 0.05) is 161 Å². The molecule has 868 valence electrons. The highest BCUT2D eigenvalue weighted by molar-refractivity contribution is 8.78. The predicted octanol–water partition coefficient (Wildman–Crippen LogP) is 42.3. The van der Waals surface area contributed by atoms with E-state index in [1.54, 1.807) is 64.8 Å². The molecule has 31 heteroatoms. The van der Waals surface area contributed by atoms with E-state index in [4.69, 9.17) is 0 Å². The van der Waals surface area contributed by atoms with Crippen LogP contribution in [0.3, 0.4) is 0 Å². The van der Waals surface area contributed by atoms with Gasteiger partial charge >= 0.3 is 0 Å². The molecule has 11 saturated heterocycles. The molecule has 0 radical (unpaired) electrons. The fraction of sp³-hybridized carbons (Fsp3) is 0.973. The van der Waals surface area contributed by atoms with Crippen LogP contribution in [0.4, 0.5) is 0 Å². The van der Waals surface area contributed by atoms with Crippen LogP contribution in [0.15, 0.2) is 0 Å². The van der Waals surface area contributed by atoms with Crippen LogP contribution in [0.1, 0.15) is 509 Å². The number of unbranched alkanes of at least 4 members (excludes halogenated alkanes) is 3. The maximum Gasteiger partial charge on any atom is 0.138 e. The van der Waals surface area contributed by atoms with Crippen LogP contribution >= 0.6 is 173 Å². The molecule has 11 rings (SSSR count). The van der Waals surface area contributed by atoms with Crippen molar-refractivity contribution in [1.82, 2.24) is 0 Å². The van der Waals surface area contributed by atoms with Gasteiger partial charge in [0.05, 0.1) is 59.0 Å². The smallest absolute Gasteiger partial charge is 0.138 e. The molecule has 11 aliphatic rings. The first-order valence-corrected chi connectivity index (χ1v) is 83.4. The number of carbonyl (C=O) groups is 3. The van der Waals surface area contributed by atoms with Gasteiger partial charge in [-0.05, 0) is 191 Å². The normalized spacial score (nSPS) is 22.6. The van der Waals surface area contributed by atoms with Crippen LogP contribution in [-0.4, -0.2) is 168 Å². The fourth-order valence-electron chi connectivity index (χ4n) is 9.69. The van der Waals surface area contributed by atoms with Gasteiger partial charge in [-0.25, -0.2) is 25.3 Å². The standard InChI is InChI=1S/2C12H22O2S2.C12H22OS2.C6H12OS2.C6H12S2.C5H10OS2.C5H10S2.8C5H12.C4H8OS2.C4H8S2.C3H6OS2.C3H6S2/c1-12(2,3)11(13)7-5-4-6-10-8-9-16(14)15-10;1-12(2,3)11(13)7-5-4-6-10-8-9-15-16(10)14;1-12(2,3)11(13)7-5-4-6-10-8-9-14-15-10;7-9-6-4-2-1-3-5-8-9;1-2-4-6-8-7-5-3-1;6-8-5-3-1-2-4-7-8;1-2-4-6-7-5-3-1;8*1-5(2,3)4;5-7-4-2-1-3-6-7;1-2-4-6-5-3-1;4-6-3-1-2-5-6;1-2-4-5-3-1/h2*10H,4-9H2,1-3H3;10H,4-9H2,1-3H3;1-6H2;1-6H2;1-5H2;1-5H2;8*1-4H3;1-4H2;1-4H2;1-3H2;1-3H2. The summed E-state index contributed by atoms with van der Waals surface area (Å²) in [7, 11) is 26.4. The molecule has 9 atom stereocenters. The third-order valence-electron chi connectivity index (χ3n) is 16.4. The lowest BCUT2D eigenvalue weighted by Gasteiger charge is -2.16. The van der Waals surface area contributed by atoms with Gasteiger partial charge in [0.1, 0.15) is 17.3 Å². The average molecular weight is 2430 g/mol. The van der Waals surface area contributed by atoms with Crippen molar-refractivity contribution in [1.29, 1.82) is 0 Å². The first-order valence-electron chi connectivity index (χ1n) is 54.4. The Hall–Kier alpha value is 5.51. The molecule has 0 aromatic rings. The Morgan fingerprint density at radius 2 is 0.441 bits per heavy atom. The van der Waals surface area contributed by atoms with Crippen LogP contribution in [0, 0.1) is 59.6 Å². The van der Waals surface area contributed by atoms with Crippen LogP contribution in [0.2, 0.25) is 0 Å².